The van der Waals surface area contributed by atoms with Gasteiger partial charge in [-0.05, 0) is 36.6 Å². The highest BCUT2D eigenvalue weighted by Gasteiger charge is 2.07. The molecule has 0 aliphatic heterocycles. The van der Waals surface area contributed by atoms with Gasteiger partial charge in [-0.15, -0.1) is 11.6 Å². The highest BCUT2D eigenvalue weighted by atomic mass is 35.5. The summed E-state index contributed by atoms with van der Waals surface area (Å²) in [6.45, 7) is 3.99. The van der Waals surface area contributed by atoms with Crippen LogP contribution in [0.1, 0.15) is 36.8 Å². The van der Waals surface area contributed by atoms with E-state index in [1.165, 1.54) is 6.07 Å². The van der Waals surface area contributed by atoms with E-state index in [4.69, 9.17) is 11.6 Å². The predicted octanol–water partition coefficient (Wildman–Crippen LogP) is 4.08. The smallest absolute Gasteiger partial charge is 0.123 e. The molecule has 0 aromatic heterocycles. The van der Waals surface area contributed by atoms with Gasteiger partial charge < -0.3 is 0 Å². The lowest BCUT2D eigenvalue weighted by Crippen LogP contribution is -1.95. The minimum atomic E-state index is -0.176. The van der Waals surface area contributed by atoms with Crippen LogP contribution in [-0.2, 0) is 6.42 Å². The fourth-order valence-electron chi connectivity index (χ4n) is 1.45. The Labute approximate surface area is 83.7 Å². The number of aryl methyl sites for hydroxylation is 1. The molecule has 0 bridgehead atoms. The van der Waals surface area contributed by atoms with Crippen molar-refractivity contribution in [2.75, 3.05) is 0 Å². The third-order valence-corrected chi connectivity index (χ3v) is 2.29. The van der Waals surface area contributed by atoms with E-state index in [1.807, 2.05) is 6.92 Å². The second kappa shape index (κ2) is 4.61. The molecule has 0 amide bonds. The van der Waals surface area contributed by atoms with E-state index in [-0.39, 0.29) is 11.2 Å². The molecule has 0 radical (unpaired) electrons. The van der Waals surface area contributed by atoms with E-state index in [1.54, 1.807) is 12.1 Å². The summed E-state index contributed by atoms with van der Waals surface area (Å²) in [5.74, 6) is -0.176. The highest BCUT2D eigenvalue weighted by Crippen LogP contribution is 2.24. The van der Waals surface area contributed by atoms with E-state index in [0.717, 1.165) is 24.0 Å². The number of rotatable bonds is 3. The summed E-state index contributed by atoms with van der Waals surface area (Å²) < 4.78 is 12.9. The van der Waals surface area contributed by atoms with Crippen LogP contribution in [-0.4, -0.2) is 0 Å². The zero-order valence-electron chi connectivity index (χ0n) is 7.98. The van der Waals surface area contributed by atoms with Gasteiger partial charge in [-0.2, -0.15) is 0 Å². The quantitative estimate of drug-likeness (QED) is 0.645. The predicted molar refractivity (Wildman–Crippen MR) is 54.7 cm³/mol. The summed E-state index contributed by atoms with van der Waals surface area (Å²) in [6.07, 6.45) is 1.91. The van der Waals surface area contributed by atoms with Crippen LogP contribution in [0.15, 0.2) is 18.2 Å². The molecule has 0 aliphatic rings. The fourth-order valence-corrected chi connectivity index (χ4v) is 1.66. The van der Waals surface area contributed by atoms with E-state index in [2.05, 4.69) is 6.92 Å². The van der Waals surface area contributed by atoms with Crippen molar-refractivity contribution in [3.05, 3.63) is 35.1 Å². The Morgan fingerprint density at radius 3 is 2.69 bits per heavy atom. The van der Waals surface area contributed by atoms with Crippen LogP contribution in [0.2, 0.25) is 0 Å². The standard InChI is InChI=1S/C11H14ClF/c1-3-4-9-7-10(13)5-6-11(9)8(2)12/h5-8H,3-4H2,1-2H3. The van der Waals surface area contributed by atoms with Gasteiger partial charge in [0, 0.05) is 0 Å². The molecular weight excluding hydrogens is 187 g/mol. The van der Waals surface area contributed by atoms with Gasteiger partial charge in [0.15, 0.2) is 0 Å². The average Bonchev–Trinajstić information content (AvgIpc) is 2.04. The Bertz CT molecular complexity index is 281. The molecule has 1 unspecified atom stereocenters. The highest BCUT2D eigenvalue weighted by molar-refractivity contribution is 6.20. The average molecular weight is 201 g/mol. The molecule has 0 N–H and O–H groups in total. The molecule has 13 heavy (non-hydrogen) atoms. The molecule has 72 valence electrons. The zero-order chi connectivity index (χ0) is 9.84. The molecule has 0 spiro atoms. The third kappa shape index (κ3) is 2.70. The second-order valence-electron chi connectivity index (χ2n) is 3.21. The molecule has 1 atom stereocenters. The molecular formula is C11H14ClF. The van der Waals surface area contributed by atoms with Gasteiger partial charge in [0.2, 0.25) is 0 Å². The van der Waals surface area contributed by atoms with Gasteiger partial charge in [-0.25, -0.2) is 4.39 Å². The largest absolute Gasteiger partial charge is 0.207 e. The Hall–Kier alpha value is -0.560. The lowest BCUT2D eigenvalue weighted by Gasteiger charge is -2.10. The van der Waals surface area contributed by atoms with Crippen molar-refractivity contribution < 1.29 is 4.39 Å². The molecule has 2 heteroatoms. The Kier molecular flexibility index (Phi) is 3.73. The maximum absolute atomic E-state index is 12.9. The van der Waals surface area contributed by atoms with Gasteiger partial charge in [0.25, 0.3) is 0 Å². The van der Waals surface area contributed by atoms with Crippen molar-refractivity contribution >= 4 is 11.6 Å². The molecule has 1 rings (SSSR count). The van der Waals surface area contributed by atoms with Crippen molar-refractivity contribution in [2.24, 2.45) is 0 Å². The molecule has 1 aromatic rings. The van der Waals surface area contributed by atoms with Gasteiger partial charge in [-0.1, -0.05) is 19.4 Å². The number of hydrogen-bond donors (Lipinski definition) is 0. The lowest BCUT2D eigenvalue weighted by molar-refractivity contribution is 0.623. The van der Waals surface area contributed by atoms with Crippen LogP contribution in [0, 0.1) is 5.82 Å². The first-order valence-electron chi connectivity index (χ1n) is 4.57. The van der Waals surface area contributed by atoms with E-state index in [0.29, 0.717) is 0 Å². The molecule has 0 saturated heterocycles. The first-order chi connectivity index (χ1) is 6.15. The summed E-state index contributed by atoms with van der Waals surface area (Å²) >= 11 is 5.97. The van der Waals surface area contributed by atoms with Crippen molar-refractivity contribution in [1.29, 1.82) is 0 Å². The number of alkyl halides is 1. The molecule has 0 aliphatic carbocycles. The zero-order valence-corrected chi connectivity index (χ0v) is 8.74. The summed E-state index contributed by atoms with van der Waals surface area (Å²) in [4.78, 5) is 0. The maximum atomic E-state index is 12.9. The van der Waals surface area contributed by atoms with Crippen LogP contribution in [0.5, 0.6) is 0 Å². The van der Waals surface area contributed by atoms with Gasteiger partial charge in [-0.3, -0.25) is 0 Å². The van der Waals surface area contributed by atoms with Crippen LogP contribution in [0.3, 0.4) is 0 Å². The molecule has 0 saturated carbocycles. The van der Waals surface area contributed by atoms with Crippen LogP contribution < -0.4 is 0 Å². The first kappa shape index (κ1) is 10.5. The van der Waals surface area contributed by atoms with E-state index in [9.17, 15) is 4.39 Å². The Morgan fingerprint density at radius 1 is 1.46 bits per heavy atom. The van der Waals surface area contributed by atoms with E-state index >= 15 is 0 Å². The number of halogens is 2. The first-order valence-corrected chi connectivity index (χ1v) is 5.01. The summed E-state index contributed by atoms with van der Waals surface area (Å²) in [6, 6.07) is 4.82. The Balaban J connectivity index is 3.03. The minimum Gasteiger partial charge on any atom is -0.207 e. The van der Waals surface area contributed by atoms with Crippen molar-refractivity contribution in [1.82, 2.24) is 0 Å². The molecule has 0 fully saturated rings. The molecule has 0 heterocycles. The minimum absolute atomic E-state index is 0.0397. The SMILES string of the molecule is CCCc1cc(F)ccc1C(C)Cl. The molecule has 1 aromatic carbocycles. The van der Waals surface area contributed by atoms with Crippen molar-refractivity contribution in [2.45, 2.75) is 32.1 Å². The lowest BCUT2D eigenvalue weighted by atomic mass is 10.0. The summed E-state index contributed by atoms with van der Waals surface area (Å²) in [5, 5.41) is -0.0397. The van der Waals surface area contributed by atoms with Gasteiger partial charge in [0.05, 0.1) is 5.38 Å². The second-order valence-corrected chi connectivity index (χ2v) is 3.86. The van der Waals surface area contributed by atoms with Crippen LogP contribution in [0.4, 0.5) is 4.39 Å². The monoisotopic (exact) mass is 200 g/mol. The summed E-state index contributed by atoms with van der Waals surface area (Å²) in [7, 11) is 0. The van der Waals surface area contributed by atoms with Crippen LogP contribution in [0.25, 0.3) is 0 Å². The Morgan fingerprint density at radius 2 is 2.15 bits per heavy atom. The van der Waals surface area contributed by atoms with Crippen LogP contribution >= 0.6 is 11.6 Å². The van der Waals surface area contributed by atoms with Gasteiger partial charge >= 0.3 is 0 Å². The normalized spacial score (nSPS) is 12.9. The fraction of sp³-hybridized carbons (Fsp3) is 0.455. The van der Waals surface area contributed by atoms with Crippen molar-refractivity contribution in [3.8, 4) is 0 Å². The van der Waals surface area contributed by atoms with E-state index < -0.39 is 0 Å². The van der Waals surface area contributed by atoms with Crippen molar-refractivity contribution in [3.63, 3.8) is 0 Å². The molecule has 0 nitrogen and oxygen atoms in total. The third-order valence-electron chi connectivity index (χ3n) is 2.05. The number of hydrogen-bond acceptors (Lipinski definition) is 0. The van der Waals surface area contributed by atoms with Gasteiger partial charge in [0.1, 0.15) is 5.82 Å². The topological polar surface area (TPSA) is 0 Å². The maximum Gasteiger partial charge on any atom is 0.123 e. The summed E-state index contributed by atoms with van der Waals surface area (Å²) in [5.41, 5.74) is 2.08. The number of benzene rings is 1.